The first kappa shape index (κ1) is 18.4. The second kappa shape index (κ2) is 8.39. The molecule has 1 atom stereocenters. The highest BCUT2D eigenvalue weighted by atomic mass is 32.2. The molecule has 0 aliphatic carbocycles. The van der Waals surface area contributed by atoms with Crippen molar-refractivity contribution in [3.8, 4) is 0 Å². The molecule has 3 heterocycles. The summed E-state index contributed by atoms with van der Waals surface area (Å²) in [5, 5.41) is 12.8. The number of benzene rings is 1. The molecule has 0 saturated carbocycles. The van der Waals surface area contributed by atoms with Crippen LogP contribution in [0.5, 0.6) is 0 Å². The summed E-state index contributed by atoms with van der Waals surface area (Å²) in [7, 11) is 0. The Morgan fingerprint density at radius 3 is 2.93 bits per heavy atom. The molecule has 28 heavy (non-hydrogen) atoms. The average Bonchev–Trinajstić information content (AvgIpc) is 3.15. The van der Waals surface area contributed by atoms with Crippen molar-refractivity contribution >= 4 is 34.2 Å². The number of nitrogens with zero attached hydrogens (tertiary/aromatic N) is 4. The fraction of sp³-hybridized carbons (Fsp3) is 0.238. The number of hydrogen-bond donors (Lipinski definition) is 1. The van der Waals surface area contributed by atoms with Gasteiger partial charge in [-0.1, -0.05) is 30.3 Å². The van der Waals surface area contributed by atoms with Crippen molar-refractivity contribution in [2.24, 2.45) is 0 Å². The molecule has 7 heteroatoms. The van der Waals surface area contributed by atoms with Gasteiger partial charge in [-0.05, 0) is 42.2 Å². The van der Waals surface area contributed by atoms with Gasteiger partial charge < -0.3 is 5.32 Å². The van der Waals surface area contributed by atoms with E-state index >= 15 is 0 Å². The Labute approximate surface area is 167 Å². The smallest absolute Gasteiger partial charge is 0.225 e. The van der Waals surface area contributed by atoms with Gasteiger partial charge in [0.25, 0.3) is 0 Å². The molecule has 0 aliphatic heterocycles. The Morgan fingerprint density at radius 2 is 2.04 bits per heavy atom. The van der Waals surface area contributed by atoms with Crippen LogP contribution in [-0.2, 0) is 11.2 Å². The molecule has 1 amide bonds. The second-order valence-electron chi connectivity index (χ2n) is 6.56. The van der Waals surface area contributed by atoms with Crippen LogP contribution in [0.3, 0.4) is 0 Å². The van der Waals surface area contributed by atoms with Gasteiger partial charge in [0, 0.05) is 17.8 Å². The molecule has 1 unspecified atom stereocenters. The SMILES string of the molecule is CSCCC(NC(=O)Cc1cccc2cccnc12)c1nnc2ccccn12. The van der Waals surface area contributed by atoms with Crippen LogP contribution in [0.2, 0.25) is 0 Å². The monoisotopic (exact) mass is 391 g/mol. The van der Waals surface area contributed by atoms with E-state index in [4.69, 9.17) is 0 Å². The third-order valence-electron chi connectivity index (χ3n) is 4.66. The topological polar surface area (TPSA) is 72.2 Å². The lowest BCUT2D eigenvalue weighted by Gasteiger charge is -2.17. The van der Waals surface area contributed by atoms with Gasteiger partial charge >= 0.3 is 0 Å². The van der Waals surface area contributed by atoms with Crippen molar-refractivity contribution in [1.82, 2.24) is 24.9 Å². The average molecular weight is 392 g/mol. The highest BCUT2D eigenvalue weighted by Crippen LogP contribution is 2.20. The molecule has 0 saturated heterocycles. The number of rotatable bonds is 7. The lowest BCUT2D eigenvalue weighted by atomic mass is 10.1. The standard InChI is InChI=1S/C21H21N5OS/c1-28-13-10-17(21-25-24-18-9-2-3-12-26(18)21)23-19(27)14-16-7-4-6-15-8-5-11-22-20(15)16/h2-9,11-12,17H,10,13-14H2,1H3,(H,23,27). The van der Waals surface area contributed by atoms with E-state index in [0.29, 0.717) is 0 Å². The Morgan fingerprint density at radius 1 is 1.14 bits per heavy atom. The number of amides is 1. The Kier molecular flexibility index (Phi) is 5.53. The summed E-state index contributed by atoms with van der Waals surface area (Å²) in [5.74, 6) is 1.63. The number of pyridine rings is 2. The van der Waals surface area contributed by atoms with Crippen molar-refractivity contribution in [2.75, 3.05) is 12.0 Å². The molecule has 3 aromatic heterocycles. The van der Waals surface area contributed by atoms with Crippen molar-refractivity contribution in [3.05, 3.63) is 72.3 Å². The highest BCUT2D eigenvalue weighted by molar-refractivity contribution is 7.98. The number of para-hydroxylation sites is 1. The summed E-state index contributed by atoms with van der Waals surface area (Å²) >= 11 is 1.75. The van der Waals surface area contributed by atoms with Crippen LogP contribution in [0.4, 0.5) is 0 Å². The van der Waals surface area contributed by atoms with Crippen LogP contribution >= 0.6 is 11.8 Å². The molecule has 142 valence electrons. The van der Waals surface area contributed by atoms with Crippen molar-refractivity contribution in [2.45, 2.75) is 18.9 Å². The highest BCUT2D eigenvalue weighted by Gasteiger charge is 2.20. The molecule has 0 spiro atoms. The van der Waals surface area contributed by atoms with E-state index < -0.39 is 0 Å². The van der Waals surface area contributed by atoms with E-state index in [2.05, 4.69) is 26.8 Å². The number of hydrogen-bond acceptors (Lipinski definition) is 5. The predicted octanol–water partition coefficient (Wildman–Crippen LogP) is 3.43. The van der Waals surface area contributed by atoms with Gasteiger partial charge in [-0.15, -0.1) is 10.2 Å². The molecule has 4 aromatic rings. The first-order valence-electron chi connectivity index (χ1n) is 9.17. The minimum Gasteiger partial charge on any atom is -0.346 e. The minimum atomic E-state index is -0.194. The number of carbonyl (C=O) groups excluding carboxylic acids is 1. The predicted molar refractivity (Wildman–Crippen MR) is 112 cm³/mol. The number of carbonyl (C=O) groups is 1. The molecule has 0 fully saturated rings. The van der Waals surface area contributed by atoms with E-state index in [1.165, 1.54) is 0 Å². The van der Waals surface area contributed by atoms with Crippen LogP contribution in [0.25, 0.3) is 16.6 Å². The molecule has 0 bridgehead atoms. The maximum Gasteiger partial charge on any atom is 0.225 e. The summed E-state index contributed by atoms with van der Waals surface area (Å²) in [5.41, 5.74) is 2.57. The van der Waals surface area contributed by atoms with Gasteiger partial charge in [0.2, 0.25) is 5.91 Å². The minimum absolute atomic E-state index is 0.0445. The maximum atomic E-state index is 12.9. The second-order valence-corrected chi connectivity index (χ2v) is 7.54. The molecule has 6 nitrogen and oxygen atoms in total. The maximum absolute atomic E-state index is 12.9. The van der Waals surface area contributed by atoms with E-state index in [-0.39, 0.29) is 18.4 Å². The zero-order valence-electron chi connectivity index (χ0n) is 15.6. The first-order chi connectivity index (χ1) is 13.8. The summed E-state index contributed by atoms with van der Waals surface area (Å²) in [4.78, 5) is 17.3. The van der Waals surface area contributed by atoms with Gasteiger partial charge in [0.15, 0.2) is 11.5 Å². The Balaban J connectivity index is 1.57. The molecule has 1 aromatic carbocycles. The Bertz CT molecular complexity index is 1100. The summed E-state index contributed by atoms with van der Waals surface area (Å²) < 4.78 is 1.94. The fourth-order valence-electron chi connectivity index (χ4n) is 3.33. The molecule has 0 radical (unpaired) electrons. The van der Waals surface area contributed by atoms with E-state index in [0.717, 1.165) is 40.1 Å². The number of thioether (sulfide) groups is 1. The molecular formula is C21H21N5OS. The molecule has 1 N–H and O–H groups in total. The summed E-state index contributed by atoms with van der Waals surface area (Å²) in [6.45, 7) is 0. The van der Waals surface area contributed by atoms with E-state index in [9.17, 15) is 4.79 Å². The zero-order chi connectivity index (χ0) is 19.3. The lowest BCUT2D eigenvalue weighted by Crippen LogP contribution is -2.31. The van der Waals surface area contributed by atoms with Gasteiger partial charge in [-0.25, -0.2) is 0 Å². The third kappa shape index (κ3) is 3.84. The van der Waals surface area contributed by atoms with Crippen molar-refractivity contribution in [1.29, 1.82) is 0 Å². The largest absolute Gasteiger partial charge is 0.346 e. The van der Waals surface area contributed by atoms with Crippen LogP contribution in [-0.4, -0.2) is 37.5 Å². The summed E-state index contributed by atoms with van der Waals surface area (Å²) in [6, 6.07) is 15.4. The van der Waals surface area contributed by atoms with Crippen LogP contribution in [0.15, 0.2) is 60.9 Å². The first-order valence-corrected chi connectivity index (χ1v) is 10.6. The third-order valence-corrected chi connectivity index (χ3v) is 5.31. The molecule has 0 aliphatic rings. The van der Waals surface area contributed by atoms with Crippen LogP contribution in [0, 0.1) is 0 Å². The van der Waals surface area contributed by atoms with E-state index in [1.54, 1.807) is 18.0 Å². The molecular weight excluding hydrogens is 370 g/mol. The number of nitrogens with one attached hydrogen (secondary N) is 1. The van der Waals surface area contributed by atoms with Crippen LogP contribution in [0.1, 0.15) is 23.9 Å². The number of fused-ring (bicyclic) bond motifs is 2. The van der Waals surface area contributed by atoms with Gasteiger partial charge in [0.1, 0.15) is 0 Å². The Hall–Kier alpha value is -2.93. The van der Waals surface area contributed by atoms with Gasteiger partial charge in [-0.3, -0.25) is 14.2 Å². The normalized spacial score (nSPS) is 12.3. The van der Waals surface area contributed by atoms with Crippen LogP contribution < -0.4 is 5.32 Å². The quantitative estimate of drug-likeness (QED) is 0.523. The molecule has 4 rings (SSSR count). The van der Waals surface area contributed by atoms with Crippen molar-refractivity contribution in [3.63, 3.8) is 0 Å². The van der Waals surface area contributed by atoms with Gasteiger partial charge in [-0.2, -0.15) is 11.8 Å². The summed E-state index contributed by atoms with van der Waals surface area (Å²) in [6.07, 6.45) is 6.81. The zero-order valence-corrected chi connectivity index (χ0v) is 16.4. The number of aromatic nitrogens is 4. The van der Waals surface area contributed by atoms with Gasteiger partial charge in [0.05, 0.1) is 18.0 Å². The van der Waals surface area contributed by atoms with E-state index in [1.807, 2.05) is 59.1 Å². The van der Waals surface area contributed by atoms with Crippen molar-refractivity contribution < 1.29 is 4.79 Å². The fourth-order valence-corrected chi connectivity index (χ4v) is 3.80. The lowest BCUT2D eigenvalue weighted by molar-refractivity contribution is -0.121.